The van der Waals surface area contributed by atoms with E-state index in [1.165, 1.54) is 4.31 Å². The van der Waals surface area contributed by atoms with Crippen molar-refractivity contribution in [1.29, 1.82) is 0 Å². The first-order valence-corrected chi connectivity index (χ1v) is 10.8. The van der Waals surface area contributed by atoms with Crippen molar-refractivity contribution in [1.82, 2.24) is 9.21 Å². The van der Waals surface area contributed by atoms with Crippen LogP contribution in [-0.4, -0.2) is 49.7 Å². The SMILES string of the molecule is O=C(c1cc(Cl)cc(Cl)c1)N1CCN(S(=O)(=O)c2cccc(Br)c2)CC1. The maximum atomic E-state index is 12.7. The minimum Gasteiger partial charge on any atom is -0.336 e. The fourth-order valence-corrected chi connectivity index (χ4v) is 5.31. The van der Waals surface area contributed by atoms with Crippen molar-refractivity contribution in [3.05, 3.63) is 62.5 Å². The third-order valence-electron chi connectivity index (χ3n) is 4.07. The molecule has 0 radical (unpaired) electrons. The quantitative estimate of drug-likeness (QED) is 0.673. The van der Waals surface area contributed by atoms with Crippen LogP contribution in [0.25, 0.3) is 0 Å². The molecule has 5 nitrogen and oxygen atoms in total. The summed E-state index contributed by atoms with van der Waals surface area (Å²) in [4.78, 5) is 14.4. The Morgan fingerprint density at radius 3 is 2.15 bits per heavy atom. The molecule has 0 N–H and O–H groups in total. The number of carbonyl (C=O) groups excluding carboxylic acids is 1. The molecule has 0 spiro atoms. The van der Waals surface area contributed by atoms with Crippen LogP contribution < -0.4 is 0 Å². The Hall–Kier alpha value is -1.12. The van der Waals surface area contributed by atoms with Gasteiger partial charge < -0.3 is 4.90 Å². The summed E-state index contributed by atoms with van der Waals surface area (Å²) in [5, 5.41) is 0.772. The first-order chi connectivity index (χ1) is 12.3. The predicted molar refractivity (Wildman–Crippen MR) is 105 cm³/mol. The van der Waals surface area contributed by atoms with Gasteiger partial charge in [-0.3, -0.25) is 4.79 Å². The first kappa shape index (κ1) is 19.6. The third kappa shape index (κ3) is 4.23. The Balaban J connectivity index is 1.72. The second-order valence-corrected chi connectivity index (χ2v) is 9.54. The molecule has 0 unspecified atom stereocenters. The van der Waals surface area contributed by atoms with Gasteiger partial charge in [0.25, 0.3) is 5.91 Å². The van der Waals surface area contributed by atoms with E-state index in [-0.39, 0.29) is 23.9 Å². The summed E-state index contributed by atoms with van der Waals surface area (Å²) in [5.74, 6) is -0.214. The maximum Gasteiger partial charge on any atom is 0.254 e. The minimum absolute atomic E-state index is 0.214. The van der Waals surface area contributed by atoms with Crippen molar-refractivity contribution < 1.29 is 13.2 Å². The normalized spacial score (nSPS) is 15.9. The second-order valence-electron chi connectivity index (χ2n) is 5.81. The smallest absolute Gasteiger partial charge is 0.254 e. The van der Waals surface area contributed by atoms with E-state index < -0.39 is 10.0 Å². The lowest BCUT2D eigenvalue weighted by Gasteiger charge is -2.34. The van der Waals surface area contributed by atoms with Crippen molar-refractivity contribution in [2.75, 3.05) is 26.2 Å². The van der Waals surface area contributed by atoms with Crippen molar-refractivity contribution in [2.24, 2.45) is 0 Å². The van der Waals surface area contributed by atoms with E-state index >= 15 is 0 Å². The molecule has 0 aromatic heterocycles. The molecule has 0 saturated carbocycles. The molecule has 3 rings (SSSR count). The van der Waals surface area contributed by atoms with Crippen LogP contribution in [0.5, 0.6) is 0 Å². The van der Waals surface area contributed by atoms with E-state index in [4.69, 9.17) is 23.2 Å². The number of hydrogen-bond acceptors (Lipinski definition) is 3. The molecule has 1 saturated heterocycles. The van der Waals surface area contributed by atoms with Gasteiger partial charge in [-0.25, -0.2) is 8.42 Å². The largest absolute Gasteiger partial charge is 0.336 e. The molecular weight excluding hydrogens is 463 g/mol. The topological polar surface area (TPSA) is 57.7 Å². The highest BCUT2D eigenvalue weighted by atomic mass is 79.9. The molecule has 1 amide bonds. The van der Waals surface area contributed by atoms with E-state index in [0.717, 1.165) is 0 Å². The molecule has 9 heteroatoms. The number of hydrogen-bond donors (Lipinski definition) is 0. The number of halogens is 3. The molecule has 0 bridgehead atoms. The lowest BCUT2D eigenvalue weighted by atomic mass is 10.2. The molecule has 138 valence electrons. The van der Waals surface area contributed by atoms with Gasteiger partial charge in [-0.2, -0.15) is 4.31 Å². The van der Waals surface area contributed by atoms with Gasteiger partial charge >= 0.3 is 0 Å². The molecule has 0 atom stereocenters. The number of sulfonamides is 1. The molecule has 2 aromatic carbocycles. The van der Waals surface area contributed by atoms with Gasteiger partial charge in [-0.15, -0.1) is 0 Å². The number of piperazine rings is 1. The summed E-state index contributed by atoms with van der Waals surface area (Å²) in [6.07, 6.45) is 0. The van der Waals surface area contributed by atoms with Crippen LogP contribution >= 0.6 is 39.1 Å². The lowest BCUT2D eigenvalue weighted by Crippen LogP contribution is -2.50. The molecule has 1 aliphatic rings. The summed E-state index contributed by atoms with van der Waals surface area (Å²) < 4.78 is 27.6. The lowest BCUT2D eigenvalue weighted by molar-refractivity contribution is 0.0698. The van der Waals surface area contributed by atoms with E-state index in [1.54, 1.807) is 47.4 Å². The van der Waals surface area contributed by atoms with Gasteiger partial charge in [0.05, 0.1) is 4.90 Å². The Bertz CT molecular complexity index is 925. The highest BCUT2D eigenvalue weighted by Gasteiger charge is 2.30. The van der Waals surface area contributed by atoms with Crippen LogP contribution in [0.15, 0.2) is 51.8 Å². The Kier molecular flexibility index (Phi) is 5.94. The van der Waals surface area contributed by atoms with Crippen molar-refractivity contribution in [3.8, 4) is 0 Å². The Morgan fingerprint density at radius 2 is 1.58 bits per heavy atom. The van der Waals surface area contributed by atoms with E-state index in [9.17, 15) is 13.2 Å². The molecule has 1 fully saturated rings. The number of rotatable bonds is 3. The zero-order valence-corrected chi connectivity index (χ0v) is 17.4. The van der Waals surface area contributed by atoms with Crippen LogP contribution in [0.2, 0.25) is 10.0 Å². The predicted octanol–water partition coefficient (Wildman–Crippen LogP) is 3.90. The van der Waals surface area contributed by atoms with Gasteiger partial charge in [-0.1, -0.05) is 45.2 Å². The van der Waals surface area contributed by atoms with Crippen LogP contribution in [0, 0.1) is 0 Å². The Labute approximate surface area is 170 Å². The van der Waals surface area contributed by atoms with Crippen molar-refractivity contribution >= 4 is 55.1 Å². The average molecular weight is 478 g/mol. The molecule has 1 aliphatic heterocycles. The van der Waals surface area contributed by atoms with Gasteiger partial charge in [-0.05, 0) is 36.4 Å². The zero-order chi connectivity index (χ0) is 18.9. The maximum absolute atomic E-state index is 12.7. The second kappa shape index (κ2) is 7.86. The minimum atomic E-state index is -3.59. The molecular formula is C17H15BrCl2N2O3S. The fraction of sp³-hybridized carbons (Fsp3) is 0.235. The summed E-state index contributed by atoms with van der Waals surface area (Å²) in [6.45, 7) is 1.07. The van der Waals surface area contributed by atoms with Gasteiger partial charge in [0.2, 0.25) is 10.0 Å². The molecule has 0 aliphatic carbocycles. The van der Waals surface area contributed by atoms with Gasteiger partial charge in [0.1, 0.15) is 0 Å². The molecule has 26 heavy (non-hydrogen) atoms. The third-order valence-corrected chi connectivity index (χ3v) is 6.89. The zero-order valence-electron chi connectivity index (χ0n) is 13.5. The van der Waals surface area contributed by atoms with Crippen molar-refractivity contribution in [3.63, 3.8) is 0 Å². The summed E-state index contributed by atoms with van der Waals surface area (Å²) in [7, 11) is -3.59. The number of benzene rings is 2. The van der Waals surface area contributed by atoms with Crippen LogP contribution in [0.1, 0.15) is 10.4 Å². The van der Waals surface area contributed by atoms with Gasteiger partial charge in [0.15, 0.2) is 0 Å². The van der Waals surface area contributed by atoms with E-state index in [0.29, 0.717) is 33.2 Å². The van der Waals surface area contributed by atoms with Gasteiger partial charge in [0, 0.05) is 46.3 Å². The number of carbonyl (C=O) groups is 1. The highest BCUT2D eigenvalue weighted by molar-refractivity contribution is 9.10. The van der Waals surface area contributed by atoms with Crippen LogP contribution in [-0.2, 0) is 10.0 Å². The first-order valence-electron chi connectivity index (χ1n) is 7.78. The Morgan fingerprint density at radius 1 is 0.962 bits per heavy atom. The molecule has 2 aromatic rings. The summed E-state index contributed by atoms with van der Waals surface area (Å²) in [6, 6.07) is 11.3. The standard InChI is InChI=1S/C17H15BrCl2N2O3S/c18-13-2-1-3-16(10-13)26(24,25)22-6-4-21(5-7-22)17(23)12-8-14(19)11-15(20)9-12/h1-3,8-11H,4-7H2. The monoisotopic (exact) mass is 476 g/mol. The number of nitrogens with zero attached hydrogens (tertiary/aromatic N) is 2. The van der Waals surface area contributed by atoms with Crippen LogP contribution in [0.3, 0.4) is 0 Å². The number of amides is 1. The van der Waals surface area contributed by atoms with E-state index in [2.05, 4.69) is 15.9 Å². The van der Waals surface area contributed by atoms with Crippen LogP contribution in [0.4, 0.5) is 0 Å². The fourth-order valence-electron chi connectivity index (χ4n) is 2.77. The highest BCUT2D eigenvalue weighted by Crippen LogP contribution is 2.23. The summed E-state index contributed by atoms with van der Waals surface area (Å²) >= 11 is 15.2. The van der Waals surface area contributed by atoms with Crippen molar-refractivity contribution in [2.45, 2.75) is 4.90 Å². The molecule has 1 heterocycles. The average Bonchev–Trinajstić information content (AvgIpc) is 2.60. The van der Waals surface area contributed by atoms with E-state index in [1.807, 2.05) is 0 Å². The summed E-state index contributed by atoms with van der Waals surface area (Å²) in [5.41, 5.74) is 0.394.